The topological polar surface area (TPSA) is 77.2 Å². The molecule has 1 aromatic carbocycles. The van der Waals surface area contributed by atoms with Gasteiger partial charge in [-0.3, -0.25) is 0 Å². The summed E-state index contributed by atoms with van der Waals surface area (Å²) in [5, 5.41) is 3.22. The zero-order valence-electron chi connectivity index (χ0n) is 17.7. The minimum absolute atomic E-state index is 0.0653. The van der Waals surface area contributed by atoms with Crippen molar-refractivity contribution in [3.63, 3.8) is 0 Å². The molecule has 158 valence electrons. The van der Waals surface area contributed by atoms with Gasteiger partial charge in [0.15, 0.2) is 0 Å². The maximum atomic E-state index is 14.9. The van der Waals surface area contributed by atoms with E-state index in [2.05, 4.69) is 18.8 Å². The second kappa shape index (κ2) is 9.11. The van der Waals surface area contributed by atoms with Crippen molar-refractivity contribution in [3.8, 4) is 0 Å². The van der Waals surface area contributed by atoms with Gasteiger partial charge >= 0.3 is 5.97 Å². The van der Waals surface area contributed by atoms with E-state index in [-0.39, 0.29) is 6.61 Å². The number of nitrogen functional groups attached to an aromatic ring is 1. The average molecular weight is 410 g/mol. The van der Waals surface area contributed by atoms with Gasteiger partial charge in [-0.15, -0.1) is 0 Å². The molecule has 2 aromatic rings. The molecule has 0 amide bonds. The fraction of sp³-hybridized carbons (Fsp3) is 0.333. The minimum Gasteiger partial charge on any atom is -0.458 e. The van der Waals surface area contributed by atoms with Crippen molar-refractivity contribution in [1.82, 2.24) is 4.98 Å². The number of fused-ring (bicyclic) bond motifs is 1. The van der Waals surface area contributed by atoms with E-state index in [0.29, 0.717) is 40.3 Å². The summed E-state index contributed by atoms with van der Waals surface area (Å²) in [5.74, 6) is -1.09. The standard InChI is InChI=1S/C24H28FN3O2/c1-5-10-18-15(7-3)22(26)21-20(16-11-8-9-12-17(16)25)19(24(29)30-13-6-2)14(4)27-23(21)28-18/h6,8-9,11-12,20H,2,5,7,10,13H2,1,3-4H3,(H3,26,27,28). The highest BCUT2D eigenvalue weighted by atomic mass is 19.1. The van der Waals surface area contributed by atoms with Gasteiger partial charge in [-0.25, -0.2) is 14.2 Å². The Morgan fingerprint density at radius 2 is 2.10 bits per heavy atom. The van der Waals surface area contributed by atoms with Gasteiger partial charge in [-0.1, -0.05) is 51.1 Å². The van der Waals surface area contributed by atoms with Gasteiger partial charge in [0.1, 0.15) is 18.2 Å². The maximum absolute atomic E-state index is 14.9. The summed E-state index contributed by atoms with van der Waals surface area (Å²) >= 11 is 0. The number of benzene rings is 1. The molecule has 1 aliphatic rings. The number of carbonyl (C=O) groups is 1. The number of nitrogens with zero attached hydrogens (tertiary/aromatic N) is 1. The third-order valence-electron chi connectivity index (χ3n) is 5.36. The molecule has 1 aliphatic heterocycles. The largest absolute Gasteiger partial charge is 0.458 e. The second-order valence-corrected chi connectivity index (χ2v) is 7.32. The third-order valence-corrected chi connectivity index (χ3v) is 5.36. The molecule has 1 unspecified atom stereocenters. The van der Waals surface area contributed by atoms with Crippen LogP contribution >= 0.6 is 0 Å². The zero-order chi connectivity index (χ0) is 21.8. The van der Waals surface area contributed by atoms with Crippen molar-refractivity contribution >= 4 is 17.5 Å². The molecule has 1 atom stereocenters. The smallest absolute Gasteiger partial charge is 0.337 e. The number of nitrogens with one attached hydrogen (secondary N) is 1. The lowest BCUT2D eigenvalue weighted by Gasteiger charge is -2.32. The predicted molar refractivity (Wildman–Crippen MR) is 118 cm³/mol. The number of anilines is 2. The summed E-state index contributed by atoms with van der Waals surface area (Å²) in [5.41, 5.74) is 10.9. The van der Waals surface area contributed by atoms with Crippen molar-refractivity contribution in [2.24, 2.45) is 0 Å². The number of hydrogen-bond acceptors (Lipinski definition) is 5. The summed E-state index contributed by atoms with van der Waals surface area (Å²) < 4.78 is 20.3. The fourth-order valence-electron chi connectivity index (χ4n) is 4.04. The van der Waals surface area contributed by atoms with Crippen LogP contribution in [0.4, 0.5) is 15.9 Å². The molecule has 0 saturated carbocycles. The van der Waals surface area contributed by atoms with Gasteiger partial charge in [0, 0.05) is 28.2 Å². The SMILES string of the molecule is C=CCOC(=O)C1=C(C)Nc2nc(CCC)c(CC)c(N)c2C1c1ccccc1F. The monoisotopic (exact) mass is 409 g/mol. The predicted octanol–water partition coefficient (Wildman–Crippen LogP) is 4.88. The van der Waals surface area contributed by atoms with E-state index < -0.39 is 17.7 Å². The number of carbonyl (C=O) groups excluding carboxylic acids is 1. The number of allylic oxidation sites excluding steroid dienone is 1. The Hall–Kier alpha value is -3.15. The number of aryl methyl sites for hydroxylation is 1. The normalized spacial score (nSPS) is 15.4. The highest BCUT2D eigenvalue weighted by Gasteiger charge is 2.37. The molecule has 5 nitrogen and oxygen atoms in total. The van der Waals surface area contributed by atoms with Crippen molar-refractivity contribution in [1.29, 1.82) is 0 Å². The van der Waals surface area contributed by atoms with Crippen LogP contribution in [0, 0.1) is 5.82 Å². The molecule has 30 heavy (non-hydrogen) atoms. The summed E-state index contributed by atoms with van der Waals surface area (Å²) in [6.07, 6.45) is 3.93. The number of hydrogen-bond donors (Lipinski definition) is 2. The fourth-order valence-corrected chi connectivity index (χ4v) is 4.04. The Morgan fingerprint density at radius 1 is 1.37 bits per heavy atom. The Morgan fingerprint density at radius 3 is 2.73 bits per heavy atom. The molecule has 1 aromatic heterocycles. The quantitative estimate of drug-likeness (QED) is 0.503. The zero-order valence-corrected chi connectivity index (χ0v) is 17.7. The molecular formula is C24H28FN3O2. The number of rotatable bonds is 7. The number of ether oxygens (including phenoxy) is 1. The number of esters is 1. The molecular weight excluding hydrogens is 381 g/mol. The number of aromatic nitrogens is 1. The van der Waals surface area contributed by atoms with Crippen LogP contribution in [-0.2, 0) is 22.4 Å². The molecule has 2 heterocycles. The van der Waals surface area contributed by atoms with Crippen molar-refractivity contribution in [2.45, 2.75) is 46.0 Å². The number of nitrogens with two attached hydrogens (primary N) is 1. The van der Waals surface area contributed by atoms with Crippen LogP contribution in [0.25, 0.3) is 0 Å². The van der Waals surface area contributed by atoms with Gasteiger partial charge in [-0.05, 0) is 31.4 Å². The lowest BCUT2D eigenvalue weighted by Crippen LogP contribution is -2.27. The van der Waals surface area contributed by atoms with E-state index in [1.165, 1.54) is 12.1 Å². The van der Waals surface area contributed by atoms with Crippen LogP contribution in [0.5, 0.6) is 0 Å². The van der Waals surface area contributed by atoms with Crippen LogP contribution in [0.1, 0.15) is 55.5 Å². The average Bonchev–Trinajstić information content (AvgIpc) is 2.72. The van der Waals surface area contributed by atoms with Crippen LogP contribution in [-0.4, -0.2) is 17.6 Å². The van der Waals surface area contributed by atoms with Gasteiger partial charge in [0.2, 0.25) is 0 Å². The molecule has 3 rings (SSSR count). The van der Waals surface area contributed by atoms with E-state index in [4.69, 9.17) is 15.5 Å². The van der Waals surface area contributed by atoms with Crippen molar-refractivity contribution in [2.75, 3.05) is 17.7 Å². The lowest BCUT2D eigenvalue weighted by atomic mass is 9.79. The lowest BCUT2D eigenvalue weighted by molar-refractivity contribution is -0.138. The van der Waals surface area contributed by atoms with Gasteiger partial charge in [0.25, 0.3) is 0 Å². The number of halogens is 1. The van der Waals surface area contributed by atoms with E-state index in [0.717, 1.165) is 24.1 Å². The molecule has 0 fully saturated rings. The van der Waals surface area contributed by atoms with Crippen molar-refractivity contribution in [3.05, 3.63) is 76.4 Å². The van der Waals surface area contributed by atoms with E-state index >= 15 is 0 Å². The van der Waals surface area contributed by atoms with Gasteiger partial charge in [-0.2, -0.15) is 0 Å². The molecule has 0 aliphatic carbocycles. The first-order valence-electron chi connectivity index (χ1n) is 10.3. The highest BCUT2D eigenvalue weighted by molar-refractivity contribution is 5.95. The van der Waals surface area contributed by atoms with E-state index in [9.17, 15) is 9.18 Å². The summed E-state index contributed by atoms with van der Waals surface area (Å²) in [7, 11) is 0. The van der Waals surface area contributed by atoms with E-state index in [1.807, 2.05) is 6.92 Å². The second-order valence-electron chi connectivity index (χ2n) is 7.32. The first-order valence-corrected chi connectivity index (χ1v) is 10.3. The number of pyridine rings is 1. The molecule has 0 saturated heterocycles. The van der Waals surface area contributed by atoms with Gasteiger partial charge in [0.05, 0.1) is 11.5 Å². The molecule has 0 spiro atoms. The first-order chi connectivity index (χ1) is 14.4. The Balaban J connectivity index is 2.29. The molecule has 0 radical (unpaired) electrons. The first kappa shape index (κ1) is 21.6. The van der Waals surface area contributed by atoms with Crippen LogP contribution < -0.4 is 11.1 Å². The minimum atomic E-state index is -0.715. The Labute approximate surface area is 176 Å². The molecule has 3 N–H and O–H groups in total. The highest BCUT2D eigenvalue weighted by Crippen LogP contribution is 2.46. The third kappa shape index (κ3) is 3.82. The van der Waals surface area contributed by atoms with Crippen molar-refractivity contribution < 1.29 is 13.9 Å². The molecule has 0 bridgehead atoms. The Bertz CT molecular complexity index is 1010. The Kier molecular flexibility index (Phi) is 6.55. The molecule has 6 heteroatoms. The van der Waals surface area contributed by atoms with Crippen LogP contribution in [0.2, 0.25) is 0 Å². The van der Waals surface area contributed by atoms with Crippen LogP contribution in [0.3, 0.4) is 0 Å². The van der Waals surface area contributed by atoms with Gasteiger partial charge < -0.3 is 15.8 Å². The summed E-state index contributed by atoms with van der Waals surface area (Å²) in [6.45, 7) is 9.53. The maximum Gasteiger partial charge on any atom is 0.337 e. The summed E-state index contributed by atoms with van der Waals surface area (Å²) in [4.78, 5) is 17.8. The van der Waals surface area contributed by atoms with E-state index in [1.54, 1.807) is 25.1 Å². The summed E-state index contributed by atoms with van der Waals surface area (Å²) in [6, 6.07) is 6.43. The van der Waals surface area contributed by atoms with Crippen LogP contribution in [0.15, 0.2) is 48.2 Å².